The molecule has 0 saturated carbocycles. The second-order valence-electron chi connectivity index (χ2n) is 5.03. The molecular weight excluding hydrogens is 314 g/mol. The smallest absolute Gasteiger partial charge is 0.317 e. The number of carbonyl (C=O) groups is 1. The number of amides is 2. The van der Waals surface area contributed by atoms with E-state index in [0.717, 1.165) is 4.88 Å². The molecule has 1 saturated heterocycles. The number of hydrogen-bond acceptors (Lipinski definition) is 6. The van der Waals surface area contributed by atoms with E-state index in [0.29, 0.717) is 26.1 Å². The number of carbonyl (C=O) groups excluding carboxylic acids is 1. The van der Waals surface area contributed by atoms with Crippen molar-refractivity contribution in [1.82, 2.24) is 20.2 Å². The van der Waals surface area contributed by atoms with Gasteiger partial charge in [0, 0.05) is 30.2 Å². The molecule has 0 bridgehead atoms. The molecule has 1 N–H and O–H groups in total. The lowest BCUT2D eigenvalue weighted by molar-refractivity contribution is 0.182. The number of nitriles is 1. The third-order valence-corrected chi connectivity index (χ3v) is 4.35. The van der Waals surface area contributed by atoms with Gasteiger partial charge in [0.2, 0.25) is 5.69 Å². The monoisotopic (exact) mass is 329 g/mol. The van der Waals surface area contributed by atoms with Crippen LogP contribution in [0.1, 0.15) is 17.0 Å². The predicted molar refractivity (Wildman–Crippen MR) is 83.9 cm³/mol. The van der Waals surface area contributed by atoms with Crippen LogP contribution in [0.25, 0.3) is 0 Å². The van der Waals surface area contributed by atoms with E-state index in [-0.39, 0.29) is 23.7 Å². The molecule has 7 nitrogen and oxygen atoms in total. The van der Waals surface area contributed by atoms with Crippen molar-refractivity contribution in [2.75, 3.05) is 13.1 Å². The fourth-order valence-corrected chi connectivity index (χ4v) is 2.99. The van der Waals surface area contributed by atoms with E-state index in [1.165, 1.54) is 12.4 Å². The van der Waals surface area contributed by atoms with Gasteiger partial charge in [-0.1, -0.05) is 6.07 Å². The van der Waals surface area contributed by atoms with Gasteiger partial charge < -0.3 is 15.0 Å². The van der Waals surface area contributed by atoms with Crippen molar-refractivity contribution in [3.8, 4) is 11.9 Å². The van der Waals surface area contributed by atoms with Gasteiger partial charge >= 0.3 is 6.03 Å². The highest BCUT2D eigenvalue weighted by atomic mass is 32.1. The zero-order valence-corrected chi connectivity index (χ0v) is 13.1. The highest BCUT2D eigenvalue weighted by Crippen LogP contribution is 2.18. The van der Waals surface area contributed by atoms with Crippen molar-refractivity contribution in [1.29, 1.82) is 5.26 Å². The molecule has 1 fully saturated rings. The van der Waals surface area contributed by atoms with Crippen molar-refractivity contribution in [3.63, 3.8) is 0 Å². The first-order chi connectivity index (χ1) is 11.3. The van der Waals surface area contributed by atoms with Crippen LogP contribution in [0, 0.1) is 11.3 Å². The molecule has 2 amide bonds. The molecule has 2 aromatic heterocycles. The van der Waals surface area contributed by atoms with Crippen molar-refractivity contribution < 1.29 is 9.53 Å². The molecule has 1 unspecified atom stereocenters. The maximum Gasteiger partial charge on any atom is 0.317 e. The van der Waals surface area contributed by atoms with E-state index in [2.05, 4.69) is 15.3 Å². The molecular formula is C15H15N5O2S. The third kappa shape index (κ3) is 3.76. The Morgan fingerprint density at radius 3 is 3.17 bits per heavy atom. The summed E-state index contributed by atoms with van der Waals surface area (Å²) in [5.74, 6) is 0.223. The normalized spacial score (nSPS) is 16.8. The zero-order chi connectivity index (χ0) is 16.1. The standard InChI is InChI=1S/C15H15N5O2S/c16-8-13-14(18-5-4-17-13)22-11-3-6-20(10-11)15(21)19-9-12-2-1-7-23-12/h1-2,4-5,7,11H,3,6,9-10H2,(H,19,21). The van der Waals surface area contributed by atoms with Crippen LogP contribution >= 0.6 is 11.3 Å². The first-order valence-electron chi connectivity index (χ1n) is 7.19. The third-order valence-electron chi connectivity index (χ3n) is 3.48. The summed E-state index contributed by atoms with van der Waals surface area (Å²) in [5.41, 5.74) is 0.160. The van der Waals surface area contributed by atoms with Crippen molar-refractivity contribution in [2.45, 2.75) is 19.1 Å². The summed E-state index contributed by atoms with van der Waals surface area (Å²) >= 11 is 1.61. The number of nitrogens with zero attached hydrogens (tertiary/aromatic N) is 4. The van der Waals surface area contributed by atoms with Crippen molar-refractivity contribution >= 4 is 17.4 Å². The Morgan fingerprint density at radius 1 is 1.52 bits per heavy atom. The Bertz CT molecular complexity index is 713. The molecule has 118 valence electrons. The second-order valence-corrected chi connectivity index (χ2v) is 6.07. The van der Waals surface area contributed by atoms with E-state index in [9.17, 15) is 4.79 Å². The fourth-order valence-electron chi connectivity index (χ4n) is 2.34. The lowest BCUT2D eigenvalue weighted by atomic mass is 10.3. The van der Waals surface area contributed by atoms with Crippen LogP contribution in [-0.4, -0.2) is 40.1 Å². The van der Waals surface area contributed by atoms with Crippen LogP contribution in [-0.2, 0) is 6.54 Å². The summed E-state index contributed by atoms with van der Waals surface area (Å²) in [7, 11) is 0. The molecule has 1 atom stereocenters. The Morgan fingerprint density at radius 2 is 2.39 bits per heavy atom. The van der Waals surface area contributed by atoms with Crippen LogP contribution in [0.15, 0.2) is 29.9 Å². The average Bonchev–Trinajstić information content (AvgIpc) is 3.25. The number of urea groups is 1. The van der Waals surface area contributed by atoms with Gasteiger partial charge in [-0.3, -0.25) is 0 Å². The Hall–Kier alpha value is -2.66. The largest absolute Gasteiger partial charge is 0.470 e. The van der Waals surface area contributed by atoms with E-state index in [4.69, 9.17) is 10.00 Å². The molecule has 3 heterocycles. The lowest BCUT2D eigenvalue weighted by Gasteiger charge is -2.17. The molecule has 0 radical (unpaired) electrons. The van der Waals surface area contributed by atoms with Crippen molar-refractivity contribution in [3.05, 3.63) is 40.5 Å². The van der Waals surface area contributed by atoms with E-state index in [1.807, 2.05) is 23.6 Å². The van der Waals surface area contributed by atoms with Gasteiger partial charge in [0.05, 0.1) is 13.1 Å². The minimum absolute atomic E-state index is 0.107. The summed E-state index contributed by atoms with van der Waals surface area (Å²) < 4.78 is 5.71. The molecule has 8 heteroatoms. The summed E-state index contributed by atoms with van der Waals surface area (Å²) in [4.78, 5) is 22.9. The number of hydrogen-bond donors (Lipinski definition) is 1. The van der Waals surface area contributed by atoms with Gasteiger partial charge in [0.15, 0.2) is 0 Å². The van der Waals surface area contributed by atoms with Crippen LogP contribution in [0.3, 0.4) is 0 Å². The number of ether oxygens (including phenoxy) is 1. The molecule has 1 aliphatic rings. The van der Waals surface area contributed by atoms with Crippen LogP contribution < -0.4 is 10.1 Å². The van der Waals surface area contributed by atoms with Gasteiger partial charge in [0.1, 0.15) is 12.2 Å². The fraction of sp³-hybridized carbons (Fsp3) is 0.333. The van der Waals surface area contributed by atoms with Gasteiger partial charge in [-0.15, -0.1) is 11.3 Å². The highest BCUT2D eigenvalue weighted by Gasteiger charge is 2.28. The average molecular weight is 329 g/mol. The van der Waals surface area contributed by atoms with E-state index in [1.54, 1.807) is 16.2 Å². The van der Waals surface area contributed by atoms with Gasteiger partial charge in [-0.25, -0.2) is 14.8 Å². The van der Waals surface area contributed by atoms with Crippen LogP contribution in [0.2, 0.25) is 0 Å². The molecule has 3 rings (SSSR count). The Kier molecular flexibility index (Phi) is 4.68. The zero-order valence-electron chi connectivity index (χ0n) is 12.3. The lowest BCUT2D eigenvalue weighted by Crippen LogP contribution is -2.39. The van der Waals surface area contributed by atoms with Crippen LogP contribution in [0.4, 0.5) is 4.79 Å². The van der Waals surface area contributed by atoms with E-state index >= 15 is 0 Å². The summed E-state index contributed by atoms with van der Waals surface area (Å²) in [6.07, 6.45) is 3.46. The summed E-state index contributed by atoms with van der Waals surface area (Å²) in [6.45, 7) is 1.61. The number of aromatic nitrogens is 2. The van der Waals surface area contributed by atoms with Gasteiger partial charge in [0.25, 0.3) is 5.88 Å². The quantitative estimate of drug-likeness (QED) is 0.923. The minimum atomic E-state index is -0.175. The number of nitrogens with one attached hydrogen (secondary N) is 1. The molecule has 23 heavy (non-hydrogen) atoms. The van der Waals surface area contributed by atoms with Gasteiger partial charge in [-0.2, -0.15) is 5.26 Å². The highest BCUT2D eigenvalue weighted by molar-refractivity contribution is 7.09. The molecule has 1 aliphatic heterocycles. The van der Waals surface area contributed by atoms with Gasteiger partial charge in [-0.05, 0) is 11.4 Å². The first kappa shape index (κ1) is 15.2. The summed E-state index contributed by atoms with van der Waals surface area (Å²) in [6, 6.07) is 5.78. The maximum absolute atomic E-state index is 12.1. The molecule has 0 aromatic carbocycles. The van der Waals surface area contributed by atoms with Crippen LogP contribution in [0.5, 0.6) is 5.88 Å². The predicted octanol–water partition coefficient (Wildman–Crippen LogP) is 1.77. The molecule has 0 aliphatic carbocycles. The minimum Gasteiger partial charge on any atom is -0.470 e. The van der Waals surface area contributed by atoms with Crippen molar-refractivity contribution in [2.24, 2.45) is 0 Å². The first-order valence-corrected chi connectivity index (χ1v) is 8.07. The molecule has 2 aromatic rings. The topological polar surface area (TPSA) is 91.1 Å². The number of thiophene rings is 1. The summed E-state index contributed by atoms with van der Waals surface area (Å²) in [5, 5.41) is 13.9. The SMILES string of the molecule is N#Cc1nccnc1OC1CCN(C(=O)NCc2cccs2)C1. The maximum atomic E-state index is 12.1. The number of rotatable bonds is 4. The Labute approximate surface area is 137 Å². The molecule has 0 spiro atoms. The van der Waals surface area contributed by atoms with E-state index < -0.39 is 0 Å². The Balaban J connectivity index is 1.52. The number of likely N-dealkylation sites (tertiary alicyclic amines) is 1. The second kappa shape index (κ2) is 7.07.